The van der Waals surface area contributed by atoms with Gasteiger partial charge in [-0.15, -0.1) is 0 Å². The molecule has 2 fully saturated rings. The van der Waals surface area contributed by atoms with E-state index in [1.165, 1.54) is 18.4 Å². The number of ether oxygens (including phenoxy) is 1. The van der Waals surface area contributed by atoms with E-state index in [1.54, 1.807) is 11.3 Å². The summed E-state index contributed by atoms with van der Waals surface area (Å²) >= 11 is 1.78. The summed E-state index contributed by atoms with van der Waals surface area (Å²) in [6.07, 6.45) is 3.72. The molecular formula is C14H22N2OS. The molecule has 1 aromatic rings. The van der Waals surface area contributed by atoms with Crippen LogP contribution in [0.15, 0.2) is 16.8 Å². The SMILES string of the molecule is NC1CCOCC1CN(Cc1ccsc1)C1CC1. The molecule has 2 heterocycles. The highest BCUT2D eigenvalue weighted by atomic mass is 32.1. The van der Waals surface area contributed by atoms with E-state index >= 15 is 0 Å². The number of rotatable bonds is 5. The van der Waals surface area contributed by atoms with Crippen LogP contribution in [0.2, 0.25) is 0 Å². The summed E-state index contributed by atoms with van der Waals surface area (Å²) in [4.78, 5) is 2.61. The topological polar surface area (TPSA) is 38.5 Å². The number of thiophene rings is 1. The quantitative estimate of drug-likeness (QED) is 0.887. The van der Waals surface area contributed by atoms with Gasteiger partial charge in [0.1, 0.15) is 0 Å². The van der Waals surface area contributed by atoms with Gasteiger partial charge < -0.3 is 10.5 Å². The van der Waals surface area contributed by atoms with E-state index in [4.69, 9.17) is 10.5 Å². The second-order valence-electron chi connectivity index (χ2n) is 5.58. The molecule has 1 aliphatic carbocycles. The highest BCUT2D eigenvalue weighted by Gasteiger charge is 2.33. The smallest absolute Gasteiger partial charge is 0.0521 e. The molecule has 2 atom stereocenters. The van der Waals surface area contributed by atoms with E-state index in [0.717, 1.165) is 38.8 Å². The van der Waals surface area contributed by atoms with Crippen LogP contribution in [-0.4, -0.2) is 36.7 Å². The van der Waals surface area contributed by atoms with E-state index in [-0.39, 0.29) is 0 Å². The van der Waals surface area contributed by atoms with Gasteiger partial charge in [-0.2, -0.15) is 11.3 Å². The maximum Gasteiger partial charge on any atom is 0.0521 e. The summed E-state index contributed by atoms with van der Waals surface area (Å²) < 4.78 is 5.58. The molecule has 0 aromatic carbocycles. The lowest BCUT2D eigenvalue weighted by molar-refractivity contribution is 0.0235. The third-order valence-electron chi connectivity index (χ3n) is 4.03. The first kappa shape index (κ1) is 12.6. The second-order valence-corrected chi connectivity index (χ2v) is 6.36. The molecule has 1 saturated heterocycles. The molecule has 3 rings (SSSR count). The second kappa shape index (κ2) is 5.70. The lowest BCUT2D eigenvalue weighted by Crippen LogP contribution is -2.45. The van der Waals surface area contributed by atoms with E-state index in [1.807, 2.05) is 0 Å². The average molecular weight is 266 g/mol. The zero-order chi connectivity index (χ0) is 12.4. The van der Waals surface area contributed by atoms with Crippen LogP contribution in [0, 0.1) is 5.92 Å². The van der Waals surface area contributed by atoms with Gasteiger partial charge in [-0.3, -0.25) is 4.90 Å². The minimum atomic E-state index is 0.322. The third kappa shape index (κ3) is 3.12. The average Bonchev–Trinajstić information content (AvgIpc) is 3.10. The van der Waals surface area contributed by atoms with Crippen LogP contribution < -0.4 is 5.73 Å². The lowest BCUT2D eigenvalue weighted by atomic mass is 9.96. The minimum Gasteiger partial charge on any atom is -0.381 e. The van der Waals surface area contributed by atoms with E-state index in [0.29, 0.717) is 12.0 Å². The van der Waals surface area contributed by atoms with Crippen molar-refractivity contribution in [2.24, 2.45) is 11.7 Å². The first-order chi connectivity index (χ1) is 8.83. The Balaban J connectivity index is 1.59. The van der Waals surface area contributed by atoms with Crippen molar-refractivity contribution in [1.29, 1.82) is 0 Å². The fourth-order valence-corrected chi connectivity index (χ4v) is 3.36. The van der Waals surface area contributed by atoms with Gasteiger partial charge >= 0.3 is 0 Å². The highest BCUT2D eigenvalue weighted by molar-refractivity contribution is 7.07. The Morgan fingerprint density at radius 1 is 1.39 bits per heavy atom. The van der Waals surface area contributed by atoms with Crippen molar-refractivity contribution in [1.82, 2.24) is 4.90 Å². The predicted molar refractivity (Wildman–Crippen MR) is 74.7 cm³/mol. The molecule has 1 saturated carbocycles. The number of hydrogen-bond donors (Lipinski definition) is 1. The van der Waals surface area contributed by atoms with Crippen molar-refractivity contribution >= 4 is 11.3 Å². The maximum atomic E-state index is 6.22. The van der Waals surface area contributed by atoms with Crippen molar-refractivity contribution < 1.29 is 4.74 Å². The summed E-state index contributed by atoms with van der Waals surface area (Å²) in [6.45, 7) is 3.86. The van der Waals surface area contributed by atoms with Crippen molar-refractivity contribution in [3.63, 3.8) is 0 Å². The molecule has 0 amide bonds. The monoisotopic (exact) mass is 266 g/mol. The van der Waals surface area contributed by atoms with Crippen molar-refractivity contribution in [3.05, 3.63) is 22.4 Å². The highest BCUT2D eigenvalue weighted by Crippen LogP contribution is 2.30. The molecule has 2 unspecified atom stereocenters. The number of hydrogen-bond acceptors (Lipinski definition) is 4. The molecule has 1 aromatic heterocycles. The van der Waals surface area contributed by atoms with Crippen LogP contribution in [0.5, 0.6) is 0 Å². The summed E-state index contributed by atoms with van der Waals surface area (Å²) in [6, 6.07) is 3.35. The van der Waals surface area contributed by atoms with Gasteiger partial charge in [-0.1, -0.05) is 0 Å². The lowest BCUT2D eigenvalue weighted by Gasteiger charge is -2.33. The molecule has 0 spiro atoms. The standard InChI is InChI=1S/C14H22N2OS/c15-14-3-5-17-9-12(14)8-16(13-1-2-13)7-11-4-6-18-10-11/h4,6,10,12-14H,1-3,5,7-9,15H2. The zero-order valence-electron chi connectivity index (χ0n) is 10.8. The van der Waals surface area contributed by atoms with Gasteiger partial charge in [-0.05, 0) is 41.7 Å². The van der Waals surface area contributed by atoms with E-state index in [9.17, 15) is 0 Å². The fraction of sp³-hybridized carbons (Fsp3) is 0.714. The molecule has 18 heavy (non-hydrogen) atoms. The van der Waals surface area contributed by atoms with Crippen molar-refractivity contribution in [2.45, 2.75) is 37.9 Å². The Morgan fingerprint density at radius 2 is 2.28 bits per heavy atom. The Hall–Kier alpha value is -0.420. The number of nitrogens with zero attached hydrogens (tertiary/aromatic N) is 1. The van der Waals surface area contributed by atoms with Crippen LogP contribution in [0.1, 0.15) is 24.8 Å². The summed E-state index contributed by atoms with van der Waals surface area (Å²) in [5.41, 5.74) is 7.66. The first-order valence-electron chi connectivity index (χ1n) is 6.91. The van der Waals surface area contributed by atoms with Gasteiger partial charge in [0.25, 0.3) is 0 Å². The molecule has 1 aliphatic heterocycles. The van der Waals surface area contributed by atoms with Crippen LogP contribution in [0.3, 0.4) is 0 Å². The molecule has 0 radical (unpaired) electrons. The van der Waals surface area contributed by atoms with Crippen molar-refractivity contribution in [3.8, 4) is 0 Å². The van der Waals surface area contributed by atoms with Crippen LogP contribution in [0.25, 0.3) is 0 Å². The van der Waals surface area contributed by atoms with Gasteiger partial charge in [0.05, 0.1) is 6.61 Å². The fourth-order valence-electron chi connectivity index (χ4n) is 2.70. The molecular weight excluding hydrogens is 244 g/mol. The summed E-state index contributed by atoms with van der Waals surface area (Å²) in [5, 5.41) is 4.42. The molecule has 2 aliphatic rings. The minimum absolute atomic E-state index is 0.322. The predicted octanol–water partition coefficient (Wildman–Crippen LogP) is 2.08. The zero-order valence-corrected chi connectivity index (χ0v) is 11.6. The third-order valence-corrected chi connectivity index (χ3v) is 4.76. The van der Waals surface area contributed by atoms with Crippen LogP contribution >= 0.6 is 11.3 Å². The van der Waals surface area contributed by atoms with Crippen LogP contribution in [-0.2, 0) is 11.3 Å². The van der Waals surface area contributed by atoms with Gasteiger partial charge in [0.2, 0.25) is 0 Å². The Morgan fingerprint density at radius 3 is 2.94 bits per heavy atom. The Bertz CT molecular complexity index is 364. The molecule has 4 heteroatoms. The van der Waals surface area contributed by atoms with Gasteiger partial charge in [-0.25, -0.2) is 0 Å². The number of nitrogens with two attached hydrogens (primary N) is 1. The maximum absolute atomic E-state index is 6.22. The molecule has 2 N–H and O–H groups in total. The normalized spacial score (nSPS) is 28.8. The summed E-state index contributed by atoms with van der Waals surface area (Å²) in [5.74, 6) is 0.512. The summed E-state index contributed by atoms with van der Waals surface area (Å²) in [7, 11) is 0. The Labute approximate surface area is 113 Å². The van der Waals surface area contributed by atoms with Gasteiger partial charge in [0.15, 0.2) is 0 Å². The van der Waals surface area contributed by atoms with E-state index < -0.39 is 0 Å². The van der Waals surface area contributed by atoms with Gasteiger partial charge in [0, 0.05) is 37.7 Å². The molecule has 0 bridgehead atoms. The largest absolute Gasteiger partial charge is 0.381 e. The Kier molecular flexibility index (Phi) is 3.99. The molecule has 100 valence electrons. The van der Waals surface area contributed by atoms with Crippen molar-refractivity contribution in [2.75, 3.05) is 19.8 Å². The molecule has 3 nitrogen and oxygen atoms in total. The first-order valence-corrected chi connectivity index (χ1v) is 7.85. The van der Waals surface area contributed by atoms with Crippen LogP contribution in [0.4, 0.5) is 0 Å². The van der Waals surface area contributed by atoms with E-state index in [2.05, 4.69) is 21.7 Å².